The van der Waals surface area contributed by atoms with E-state index in [1.54, 1.807) is 23.1 Å². The van der Waals surface area contributed by atoms with Crippen LogP contribution < -0.4 is 4.90 Å². The molecule has 20 heavy (non-hydrogen) atoms. The summed E-state index contributed by atoms with van der Waals surface area (Å²) in [7, 11) is 1.65. The molecule has 2 aromatic rings. The monoisotopic (exact) mass is 331 g/mol. The van der Waals surface area contributed by atoms with E-state index in [0.717, 1.165) is 22.8 Å². The minimum absolute atomic E-state index is 0.0992. The van der Waals surface area contributed by atoms with Crippen molar-refractivity contribution in [2.75, 3.05) is 17.2 Å². The fourth-order valence-electron chi connectivity index (χ4n) is 2.36. The normalized spacial score (nSPS) is 19.9. The highest BCUT2D eigenvalue weighted by atomic mass is 35.7. The van der Waals surface area contributed by atoms with Crippen molar-refractivity contribution in [3.8, 4) is 0 Å². The Balaban J connectivity index is 1.85. The lowest BCUT2D eigenvalue weighted by atomic mass is 10.1. The zero-order valence-corrected chi connectivity index (χ0v) is 12.6. The molecule has 1 aromatic heterocycles. The number of rotatable bonds is 3. The predicted octanol–water partition coefficient (Wildman–Crippen LogP) is 1.61. The van der Waals surface area contributed by atoms with Crippen LogP contribution in [0.1, 0.15) is 6.42 Å². The van der Waals surface area contributed by atoms with Gasteiger partial charge in [0, 0.05) is 35.3 Å². The fourth-order valence-corrected chi connectivity index (χ4v) is 4.20. The molecule has 6 nitrogen and oxygen atoms in total. The van der Waals surface area contributed by atoms with Gasteiger partial charge in [-0.1, -0.05) is 0 Å². The van der Waals surface area contributed by atoms with Gasteiger partial charge in [0.2, 0.25) is 15.0 Å². The Labute approximate surface area is 124 Å². The summed E-state index contributed by atoms with van der Waals surface area (Å²) in [5.41, 5.74) is 2.23. The Hall–Kier alpha value is -1.25. The first kappa shape index (κ1) is 13.7. The van der Waals surface area contributed by atoms with Crippen LogP contribution in [-0.4, -0.2) is 35.4 Å². The van der Waals surface area contributed by atoms with Crippen molar-refractivity contribution in [3.63, 3.8) is 0 Å². The number of aromatic nitrogens is 2. The molecule has 0 bridgehead atoms. The molecule has 106 valence electrons. The quantitative estimate of drug-likeness (QED) is 0.798. The van der Waals surface area contributed by atoms with Gasteiger partial charge >= 0.3 is 0 Å². The van der Waals surface area contributed by atoms with Crippen LogP contribution in [0.15, 0.2) is 18.2 Å². The molecule has 0 N–H and O–H groups in total. The SMILES string of the molecule is O=C1CC(CS(=O)(=O)Cl)CN1c1ccc2nsnc2c1. The first-order chi connectivity index (χ1) is 9.42. The summed E-state index contributed by atoms with van der Waals surface area (Å²) >= 11 is 1.11. The summed E-state index contributed by atoms with van der Waals surface area (Å²) in [6.07, 6.45) is 0.194. The number of hydrogen-bond donors (Lipinski definition) is 0. The van der Waals surface area contributed by atoms with E-state index < -0.39 is 9.05 Å². The second kappa shape index (κ2) is 4.94. The molecule has 0 saturated carbocycles. The molecule has 1 atom stereocenters. The van der Waals surface area contributed by atoms with E-state index in [1.807, 2.05) is 0 Å². The van der Waals surface area contributed by atoms with Crippen LogP contribution >= 0.6 is 22.4 Å². The molecule has 0 aliphatic carbocycles. The van der Waals surface area contributed by atoms with Crippen molar-refractivity contribution in [2.24, 2.45) is 5.92 Å². The topological polar surface area (TPSA) is 80.2 Å². The van der Waals surface area contributed by atoms with Crippen LogP contribution in [0, 0.1) is 5.92 Å². The Bertz CT molecular complexity index is 774. The molecule has 1 unspecified atom stereocenters. The minimum atomic E-state index is -3.59. The molecule has 0 radical (unpaired) electrons. The lowest BCUT2D eigenvalue weighted by molar-refractivity contribution is -0.117. The van der Waals surface area contributed by atoms with E-state index in [4.69, 9.17) is 10.7 Å². The molecule has 1 aliphatic rings. The van der Waals surface area contributed by atoms with Gasteiger partial charge in [0.15, 0.2) is 0 Å². The molecule has 1 amide bonds. The molecular formula is C11H10ClN3O3S2. The van der Waals surface area contributed by atoms with E-state index >= 15 is 0 Å². The number of hydrogen-bond acceptors (Lipinski definition) is 6. The van der Waals surface area contributed by atoms with Gasteiger partial charge in [-0.05, 0) is 18.2 Å². The number of anilines is 1. The first-order valence-corrected chi connectivity index (χ1v) is 9.08. The number of benzene rings is 1. The summed E-state index contributed by atoms with van der Waals surface area (Å²) in [6, 6.07) is 5.38. The Morgan fingerprint density at radius 1 is 1.35 bits per heavy atom. The first-order valence-electron chi connectivity index (χ1n) is 5.87. The largest absolute Gasteiger partial charge is 0.312 e. The molecule has 9 heteroatoms. The van der Waals surface area contributed by atoms with Crippen LogP contribution in [0.4, 0.5) is 5.69 Å². The molecule has 2 heterocycles. The number of nitrogens with zero attached hydrogens (tertiary/aromatic N) is 3. The maximum absolute atomic E-state index is 12.0. The number of carbonyl (C=O) groups is 1. The molecule has 1 fully saturated rings. The summed E-state index contributed by atoms with van der Waals surface area (Å²) in [6.45, 7) is 0.355. The third-order valence-corrected chi connectivity index (χ3v) is 4.99. The summed E-state index contributed by atoms with van der Waals surface area (Å²) < 4.78 is 30.4. The summed E-state index contributed by atoms with van der Waals surface area (Å²) in [5, 5.41) is 0. The third kappa shape index (κ3) is 2.77. The smallest absolute Gasteiger partial charge is 0.232 e. The van der Waals surface area contributed by atoms with Crippen LogP contribution in [-0.2, 0) is 13.8 Å². The van der Waals surface area contributed by atoms with E-state index in [1.165, 1.54) is 0 Å². The van der Waals surface area contributed by atoms with Crippen molar-refractivity contribution in [2.45, 2.75) is 6.42 Å². The Morgan fingerprint density at radius 3 is 2.85 bits per heavy atom. The minimum Gasteiger partial charge on any atom is -0.312 e. The van der Waals surface area contributed by atoms with Crippen LogP contribution in [0.5, 0.6) is 0 Å². The summed E-state index contributed by atoms with van der Waals surface area (Å²) in [4.78, 5) is 13.6. The molecular weight excluding hydrogens is 322 g/mol. The Kier molecular flexibility index (Phi) is 3.39. The van der Waals surface area contributed by atoms with Crippen molar-refractivity contribution in [3.05, 3.63) is 18.2 Å². The van der Waals surface area contributed by atoms with Crippen LogP contribution in [0.2, 0.25) is 0 Å². The lowest BCUT2D eigenvalue weighted by Gasteiger charge is -2.16. The molecule has 0 spiro atoms. The average Bonchev–Trinajstić information content (AvgIpc) is 2.92. The number of amides is 1. The van der Waals surface area contributed by atoms with Gasteiger partial charge < -0.3 is 4.90 Å². The Morgan fingerprint density at radius 2 is 2.10 bits per heavy atom. The van der Waals surface area contributed by atoms with Gasteiger partial charge in [-0.2, -0.15) is 8.75 Å². The average molecular weight is 332 g/mol. The second-order valence-corrected chi connectivity index (χ2v) is 8.07. The summed E-state index contributed by atoms with van der Waals surface area (Å²) in [5.74, 6) is -0.552. The molecule has 3 rings (SSSR count). The van der Waals surface area contributed by atoms with Crippen molar-refractivity contribution in [1.82, 2.24) is 8.75 Å². The fraction of sp³-hybridized carbons (Fsp3) is 0.364. The number of carbonyl (C=O) groups excluding carboxylic acids is 1. The van der Waals surface area contributed by atoms with E-state index in [9.17, 15) is 13.2 Å². The highest BCUT2D eigenvalue weighted by molar-refractivity contribution is 8.13. The maximum atomic E-state index is 12.0. The van der Waals surface area contributed by atoms with Crippen molar-refractivity contribution in [1.29, 1.82) is 0 Å². The van der Waals surface area contributed by atoms with Gasteiger partial charge in [-0.25, -0.2) is 8.42 Å². The molecule has 1 aromatic carbocycles. The highest BCUT2D eigenvalue weighted by Crippen LogP contribution is 2.28. The predicted molar refractivity (Wildman–Crippen MR) is 77.5 cm³/mol. The van der Waals surface area contributed by atoms with Gasteiger partial charge in [0.25, 0.3) is 0 Å². The maximum Gasteiger partial charge on any atom is 0.232 e. The standard InChI is InChI=1S/C11H10ClN3O3S2/c12-20(17,18)6-7-3-11(16)15(5-7)8-1-2-9-10(4-8)14-19-13-9/h1-2,4,7H,3,5-6H2. The van der Waals surface area contributed by atoms with Crippen LogP contribution in [0.25, 0.3) is 11.0 Å². The van der Waals surface area contributed by atoms with Crippen molar-refractivity contribution < 1.29 is 13.2 Å². The van der Waals surface area contributed by atoms with Gasteiger partial charge in [-0.3, -0.25) is 4.79 Å². The van der Waals surface area contributed by atoms with Crippen LogP contribution in [0.3, 0.4) is 0 Å². The highest BCUT2D eigenvalue weighted by Gasteiger charge is 2.33. The second-order valence-electron chi connectivity index (χ2n) is 4.72. The molecule has 1 saturated heterocycles. The number of fused-ring (bicyclic) bond motifs is 1. The third-order valence-electron chi connectivity index (χ3n) is 3.19. The van der Waals surface area contributed by atoms with Crippen molar-refractivity contribution >= 4 is 54.1 Å². The lowest BCUT2D eigenvalue weighted by Crippen LogP contribution is -2.25. The van der Waals surface area contributed by atoms with Gasteiger partial charge in [-0.15, -0.1) is 0 Å². The zero-order valence-electron chi connectivity index (χ0n) is 10.2. The van der Waals surface area contributed by atoms with E-state index in [-0.39, 0.29) is 24.0 Å². The van der Waals surface area contributed by atoms with E-state index in [2.05, 4.69) is 8.75 Å². The number of halogens is 1. The molecule has 1 aliphatic heterocycles. The van der Waals surface area contributed by atoms with Gasteiger partial charge in [0.1, 0.15) is 11.0 Å². The van der Waals surface area contributed by atoms with E-state index in [0.29, 0.717) is 12.2 Å². The van der Waals surface area contributed by atoms with Gasteiger partial charge in [0.05, 0.1) is 17.5 Å². The zero-order chi connectivity index (χ0) is 14.3.